The van der Waals surface area contributed by atoms with Crippen LogP contribution < -0.4 is 0 Å². The molecule has 0 spiro atoms. The molecule has 2 heterocycles. The van der Waals surface area contributed by atoms with Crippen LogP contribution in [0.2, 0.25) is 0 Å². The molecule has 3 rings (SSSR count). The van der Waals surface area contributed by atoms with E-state index in [1.54, 1.807) is 18.5 Å². The Bertz CT molecular complexity index is 613. The number of aromatic hydroxyl groups is 1. The van der Waals surface area contributed by atoms with Crippen LogP contribution in [0.25, 0.3) is 21.8 Å². The number of H-pyrrole nitrogens is 1. The van der Waals surface area contributed by atoms with Crippen molar-refractivity contribution in [3.8, 4) is 5.75 Å². The fourth-order valence-electron chi connectivity index (χ4n) is 1.76. The lowest BCUT2D eigenvalue weighted by Crippen LogP contribution is -1.69. The zero-order chi connectivity index (χ0) is 9.54. The minimum Gasteiger partial charge on any atom is -0.506 e. The molecule has 0 saturated carbocycles. The molecule has 3 aromatic rings. The molecule has 68 valence electrons. The second-order valence-electron chi connectivity index (χ2n) is 3.25. The van der Waals surface area contributed by atoms with Crippen LogP contribution in [0.1, 0.15) is 0 Å². The lowest BCUT2D eigenvalue weighted by molar-refractivity contribution is 0.480. The maximum atomic E-state index is 9.62. The van der Waals surface area contributed by atoms with Crippen LogP contribution in [0.4, 0.5) is 0 Å². The second kappa shape index (κ2) is 2.48. The van der Waals surface area contributed by atoms with Gasteiger partial charge in [-0.25, -0.2) is 0 Å². The first-order chi connectivity index (χ1) is 6.86. The van der Waals surface area contributed by atoms with Gasteiger partial charge in [0, 0.05) is 17.0 Å². The summed E-state index contributed by atoms with van der Waals surface area (Å²) < 4.78 is 0. The minimum absolute atomic E-state index is 0.277. The summed E-state index contributed by atoms with van der Waals surface area (Å²) in [6.07, 6.45) is 3.51. The molecular formula is C11H8N2O. The molecule has 0 unspecified atom stereocenters. The Hall–Kier alpha value is -2.03. The first kappa shape index (κ1) is 7.38. The van der Waals surface area contributed by atoms with E-state index in [1.165, 1.54) is 0 Å². The van der Waals surface area contributed by atoms with E-state index >= 15 is 0 Å². The Labute approximate surface area is 80.0 Å². The van der Waals surface area contributed by atoms with Gasteiger partial charge in [-0.05, 0) is 12.1 Å². The lowest BCUT2D eigenvalue weighted by atomic mass is 10.2. The third kappa shape index (κ3) is 0.836. The molecule has 0 fully saturated rings. The van der Waals surface area contributed by atoms with Gasteiger partial charge in [0.15, 0.2) is 0 Å². The zero-order valence-corrected chi connectivity index (χ0v) is 7.36. The van der Waals surface area contributed by atoms with Crippen LogP contribution in [0.15, 0.2) is 36.7 Å². The number of pyridine rings is 1. The van der Waals surface area contributed by atoms with Crippen molar-refractivity contribution in [1.29, 1.82) is 0 Å². The van der Waals surface area contributed by atoms with E-state index in [4.69, 9.17) is 0 Å². The molecule has 0 radical (unpaired) electrons. The van der Waals surface area contributed by atoms with Gasteiger partial charge in [-0.2, -0.15) is 0 Å². The summed E-state index contributed by atoms with van der Waals surface area (Å²) in [6, 6.07) is 7.43. The molecule has 0 amide bonds. The van der Waals surface area contributed by atoms with Crippen LogP contribution in [0, 0.1) is 0 Å². The smallest absolute Gasteiger partial charge is 0.139 e. The standard InChI is InChI=1S/C11H8N2O/c14-10-3-1-2-8-7-4-5-12-6-9(7)13-11(8)10/h1-6,13-14H. The largest absolute Gasteiger partial charge is 0.506 e. The number of aromatic nitrogens is 2. The van der Waals surface area contributed by atoms with Crippen LogP contribution in [0.3, 0.4) is 0 Å². The molecule has 2 aromatic heterocycles. The number of hydrogen-bond acceptors (Lipinski definition) is 2. The van der Waals surface area contributed by atoms with Crippen molar-refractivity contribution in [2.24, 2.45) is 0 Å². The fourth-order valence-corrected chi connectivity index (χ4v) is 1.76. The molecular weight excluding hydrogens is 176 g/mol. The van der Waals surface area contributed by atoms with Gasteiger partial charge in [0.1, 0.15) is 5.75 Å². The van der Waals surface area contributed by atoms with E-state index in [0.717, 1.165) is 21.8 Å². The number of fused-ring (bicyclic) bond motifs is 3. The van der Waals surface area contributed by atoms with E-state index in [1.807, 2.05) is 18.2 Å². The van der Waals surface area contributed by atoms with Crippen LogP contribution in [-0.2, 0) is 0 Å². The third-order valence-electron chi connectivity index (χ3n) is 2.41. The molecule has 0 aliphatic rings. The summed E-state index contributed by atoms with van der Waals surface area (Å²) >= 11 is 0. The van der Waals surface area contributed by atoms with Gasteiger partial charge < -0.3 is 10.1 Å². The summed E-state index contributed by atoms with van der Waals surface area (Å²) in [6.45, 7) is 0. The van der Waals surface area contributed by atoms with E-state index in [2.05, 4.69) is 9.97 Å². The molecule has 0 aliphatic carbocycles. The number of para-hydroxylation sites is 1. The van der Waals surface area contributed by atoms with Crippen molar-refractivity contribution in [2.45, 2.75) is 0 Å². The quantitative estimate of drug-likeness (QED) is 0.563. The van der Waals surface area contributed by atoms with Gasteiger partial charge in [-0.3, -0.25) is 4.98 Å². The molecule has 1 aromatic carbocycles. The first-order valence-corrected chi connectivity index (χ1v) is 4.39. The molecule has 2 N–H and O–H groups in total. The van der Waals surface area contributed by atoms with Crippen LogP contribution in [-0.4, -0.2) is 15.1 Å². The predicted octanol–water partition coefficient (Wildman–Crippen LogP) is 2.42. The van der Waals surface area contributed by atoms with Crippen LogP contribution in [0.5, 0.6) is 5.75 Å². The first-order valence-electron chi connectivity index (χ1n) is 4.39. The number of aromatic amines is 1. The van der Waals surface area contributed by atoms with Gasteiger partial charge in [0.05, 0.1) is 17.2 Å². The maximum absolute atomic E-state index is 9.62. The Morgan fingerprint density at radius 3 is 3.00 bits per heavy atom. The average molecular weight is 184 g/mol. The molecule has 0 aliphatic heterocycles. The highest BCUT2D eigenvalue weighted by atomic mass is 16.3. The SMILES string of the molecule is Oc1cccc2c1[nH]c1cnccc12. The highest BCUT2D eigenvalue weighted by molar-refractivity contribution is 6.08. The molecule has 3 heteroatoms. The highest BCUT2D eigenvalue weighted by Crippen LogP contribution is 2.29. The van der Waals surface area contributed by atoms with Crippen molar-refractivity contribution in [1.82, 2.24) is 9.97 Å². The van der Waals surface area contributed by atoms with Crippen molar-refractivity contribution in [2.75, 3.05) is 0 Å². The van der Waals surface area contributed by atoms with Crippen molar-refractivity contribution >= 4 is 21.8 Å². The zero-order valence-electron chi connectivity index (χ0n) is 7.36. The highest BCUT2D eigenvalue weighted by Gasteiger charge is 2.05. The summed E-state index contributed by atoms with van der Waals surface area (Å²) in [4.78, 5) is 7.16. The van der Waals surface area contributed by atoms with Gasteiger partial charge in [-0.15, -0.1) is 0 Å². The Kier molecular flexibility index (Phi) is 1.31. The summed E-state index contributed by atoms with van der Waals surface area (Å²) in [7, 11) is 0. The normalized spacial score (nSPS) is 11.1. The number of rotatable bonds is 0. The van der Waals surface area contributed by atoms with Crippen LogP contribution >= 0.6 is 0 Å². The van der Waals surface area contributed by atoms with E-state index in [-0.39, 0.29) is 5.75 Å². The van der Waals surface area contributed by atoms with Crippen molar-refractivity contribution < 1.29 is 5.11 Å². The summed E-state index contributed by atoms with van der Waals surface area (Å²) in [5.74, 6) is 0.277. The Morgan fingerprint density at radius 1 is 1.14 bits per heavy atom. The number of phenols is 1. The number of hydrogen-bond donors (Lipinski definition) is 2. The van der Waals surface area contributed by atoms with Crippen molar-refractivity contribution in [3.05, 3.63) is 36.7 Å². The third-order valence-corrected chi connectivity index (χ3v) is 2.41. The number of nitrogens with one attached hydrogen (secondary N) is 1. The second-order valence-corrected chi connectivity index (χ2v) is 3.25. The van der Waals surface area contributed by atoms with Crippen molar-refractivity contribution in [3.63, 3.8) is 0 Å². The molecule has 3 nitrogen and oxygen atoms in total. The predicted molar refractivity (Wildman–Crippen MR) is 55.3 cm³/mol. The lowest BCUT2D eigenvalue weighted by Gasteiger charge is -1.92. The maximum Gasteiger partial charge on any atom is 0.139 e. The summed E-state index contributed by atoms with van der Waals surface area (Å²) in [5, 5.41) is 11.7. The number of phenolic OH excluding ortho intramolecular Hbond substituents is 1. The number of nitrogens with zero attached hydrogens (tertiary/aromatic N) is 1. The van der Waals surface area contributed by atoms with Gasteiger partial charge in [0.25, 0.3) is 0 Å². The number of benzene rings is 1. The average Bonchev–Trinajstić information content (AvgIpc) is 2.59. The van der Waals surface area contributed by atoms with Gasteiger partial charge in [0.2, 0.25) is 0 Å². The monoisotopic (exact) mass is 184 g/mol. The molecule has 14 heavy (non-hydrogen) atoms. The Balaban J connectivity index is 2.63. The summed E-state index contributed by atoms with van der Waals surface area (Å²) in [5.41, 5.74) is 1.72. The van der Waals surface area contributed by atoms with E-state index < -0.39 is 0 Å². The fraction of sp³-hybridized carbons (Fsp3) is 0. The minimum atomic E-state index is 0.277. The van der Waals surface area contributed by atoms with E-state index in [0.29, 0.717) is 0 Å². The van der Waals surface area contributed by atoms with E-state index in [9.17, 15) is 5.11 Å². The van der Waals surface area contributed by atoms with Gasteiger partial charge in [-0.1, -0.05) is 12.1 Å². The van der Waals surface area contributed by atoms with Gasteiger partial charge >= 0.3 is 0 Å². The molecule has 0 saturated heterocycles. The topological polar surface area (TPSA) is 48.9 Å². The molecule has 0 bridgehead atoms. The molecule has 0 atom stereocenters. The Morgan fingerprint density at radius 2 is 2.07 bits per heavy atom.